The first-order chi connectivity index (χ1) is 23.3. The molecule has 6 rings (SSSR count). The summed E-state index contributed by atoms with van der Waals surface area (Å²) in [6.45, 7) is 7.93. The van der Waals surface area contributed by atoms with E-state index in [1.54, 1.807) is 0 Å². The van der Waals surface area contributed by atoms with Crippen LogP contribution in [0.3, 0.4) is 0 Å². The van der Waals surface area contributed by atoms with Gasteiger partial charge >= 0.3 is 0 Å². The Hall–Kier alpha value is -5.50. The number of aliphatic hydroxyl groups is 1. The molecule has 0 radical (unpaired) electrons. The van der Waals surface area contributed by atoms with Crippen LogP contribution in [0.15, 0.2) is 133 Å². The quantitative estimate of drug-likeness (QED) is 0.0899. The zero-order valence-electron chi connectivity index (χ0n) is 28.4. The molecule has 0 unspecified atom stereocenters. The van der Waals surface area contributed by atoms with E-state index in [2.05, 4.69) is 60.7 Å². The van der Waals surface area contributed by atoms with Gasteiger partial charge in [0.2, 0.25) is 0 Å². The molecule has 0 saturated heterocycles. The van der Waals surface area contributed by atoms with Crippen LogP contribution in [0, 0.1) is 27.7 Å². The summed E-state index contributed by atoms with van der Waals surface area (Å²) in [4.78, 5) is 27.0. The second-order valence-electron chi connectivity index (χ2n) is 11.5. The van der Waals surface area contributed by atoms with Gasteiger partial charge in [0.1, 0.15) is 0 Å². The third-order valence-electron chi connectivity index (χ3n) is 8.47. The molecule has 0 amide bonds. The molecule has 0 saturated carbocycles. The van der Waals surface area contributed by atoms with Gasteiger partial charge in [-0.2, -0.15) is 0 Å². The van der Waals surface area contributed by atoms with Gasteiger partial charge in [-0.25, -0.2) is 0 Å². The summed E-state index contributed by atoms with van der Waals surface area (Å²) in [7, 11) is 1.00. The number of benzene rings is 6. The molecule has 0 fully saturated rings. The van der Waals surface area contributed by atoms with Crippen LogP contribution in [-0.4, -0.2) is 39.8 Å². The third kappa shape index (κ3) is 8.51. The predicted molar refractivity (Wildman–Crippen MR) is 198 cm³/mol. The van der Waals surface area contributed by atoms with E-state index in [4.69, 9.17) is 15.6 Å². The van der Waals surface area contributed by atoms with Crippen LogP contribution in [0.2, 0.25) is 0 Å². The molecule has 0 heterocycles. The molecule has 0 aliphatic heterocycles. The Morgan fingerprint density at radius 3 is 0.980 bits per heavy atom. The zero-order valence-corrected chi connectivity index (χ0v) is 28.4. The Balaban J connectivity index is 0.00000125. The standard InChI is InChI=1S/C42H34O2.CH4O.H2O2.H2O/c1-27-11-5-7-17-37(27)41(43)39-25-35(21-19-29(39)3)33-15-9-13-31(23-33)32-14-10-16-34(24-32)36-22-20-30(4)40(26-36)42(44)38-18-8-6-12-28(38)2;2*1-2;/h5-26H,1-4H3;2H,1H3;1-2H;1H2. The number of hydrogen-bond acceptors (Lipinski definition) is 5. The molecule has 6 nitrogen and oxygen atoms in total. The highest BCUT2D eigenvalue weighted by Gasteiger charge is 2.17. The lowest BCUT2D eigenvalue weighted by Crippen LogP contribution is -2.06. The number of ketones is 2. The molecule has 0 bridgehead atoms. The van der Waals surface area contributed by atoms with Crippen molar-refractivity contribution < 1.29 is 30.7 Å². The van der Waals surface area contributed by atoms with E-state index in [0.29, 0.717) is 0 Å². The summed E-state index contributed by atoms with van der Waals surface area (Å²) in [6, 6.07) is 44.6. The Labute approximate surface area is 287 Å². The molecule has 6 heteroatoms. The highest BCUT2D eigenvalue weighted by molar-refractivity contribution is 6.12. The normalized spacial score (nSPS) is 10.0. The van der Waals surface area contributed by atoms with Crippen molar-refractivity contribution in [3.8, 4) is 33.4 Å². The molecule has 0 aromatic heterocycles. The van der Waals surface area contributed by atoms with Crippen LogP contribution in [-0.2, 0) is 0 Å². The van der Waals surface area contributed by atoms with E-state index < -0.39 is 0 Å². The summed E-state index contributed by atoms with van der Waals surface area (Å²) in [5.74, 6) is 0.0920. The average molecular weight is 655 g/mol. The molecule has 250 valence electrons. The third-order valence-corrected chi connectivity index (χ3v) is 8.47. The van der Waals surface area contributed by atoms with Crippen molar-refractivity contribution in [2.45, 2.75) is 27.7 Å². The molecule has 0 aliphatic carbocycles. The van der Waals surface area contributed by atoms with Crippen molar-refractivity contribution in [2.24, 2.45) is 0 Å². The Bertz CT molecular complexity index is 1910. The monoisotopic (exact) mass is 654 g/mol. The Morgan fingerprint density at radius 1 is 0.367 bits per heavy atom. The van der Waals surface area contributed by atoms with Crippen LogP contribution in [0.1, 0.15) is 54.1 Å². The predicted octanol–water partition coefficient (Wildman–Crippen LogP) is 9.18. The summed E-state index contributed by atoms with van der Waals surface area (Å²) in [5, 5.41) is 19.0. The molecule has 0 spiro atoms. The summed E-state index contributed by atoms with van der Waals surface area (Å²) >= 11 is 0. The minimum absolute atomic E-state index is 0. The number of rotatable bonds is 7. The van der Waals surface area contributed by atoms with Crippen molar-refractivity contribution >= 4 is 11.6 Å². The molecule has 6 aromatic carbocycles. The lowest BCUT2D eigenvalue weighted by Gasteiger charge is -2.13. The maximum Gasteiger partial charge on any atom is 0.193 e. The fourth-order valence-corrected chi connectivity index (χ4v) is 5.79. The number of aliphatic hydroxyl groups excluding tert-OH is 1. The SMILES string of the molecule is CO.Cc1ccccc1C(=O)c1cc(-c2cccc(-c3cccc(-c4ccc(C)c(C(=O)c5ccccc5C)c4)c3)c2)ccc1C.O.OO. The lowest BCUT2D eigenvalue weighted by molar-refractivity contribution is -0.176. The highest BCUT2D eigenvalue weighted by atomic mass is 17.0. The molecular weight excluding hydrogens is 612 g/mol. The fraction of sp³-hybridized carbons (Fsp3) is 0.116. The van der Waals surface area contributed by atoms with Gasteiger partial charge < -0.3 is 10.6 Å². The maximum atomic E-state index is 13.5. The van der Waals surface area contributed by atoms with E-state index in [1.807, 2.05) is 100 Å². The van der Waals surface area contributed by atoms with E-state index >= 15 is 0 Å². The molecule has 6 aromatic rings. The van der Waals surface area contributed by atoms with E-state index in [1.165, 1.54) is 0 Å². The van der Waals surface area contributed by atoms with Crippen LogP contribution in [0.25, 0.3) is 33.4 Å². The van der Waals surface area contributed by atoms with Crippen molar-refractivity contribution in [3.05, 3.63) is 178 Å². The summed E-state index contributed by atoms with van der Waals surface area (Å²) in [6.07, 6.45) is 0. The minimum atomic E-state index is 0. The smallest absolute Gasteiger partial charge is 0.193 e. The van der Waals surface area contributed by atoms with Gasteiger partial charge in [0, 0.05) is 29.4 Å². The Kier molecular flexibility index (Phi) is 13.6. The van der Waals surface area contributed by atoms with Gasteiger partial charge in [-0.15, -0.1) is 0 Å². The topological polar surface area (TPSA) is 126 Å². The second-order valence-corrected chi connectivity index (χ2v) is 11.5. The molecule has 0 aliphatic rings. The second kappa shape index (κ2) is 17.6. The molecular formula is C43H42O6. The summed E-state index contributed by atoms with van der Waals surface area (Å²) < 4.78 is 0. The van der Waals surface area contributed by atoms with Gasteiger partial charge in [0.25, 0.3) is 0 Å². The Morgan fingerprint density at radius 2 is 0.653 bits per heavy atom. The molecule has 0 atom stereocenters. The van der Waals surface area contributed by atoms with E-state index in [9.17, 15) is 9.59 Å². The first kappa shape index (κ1) is 38.0. The van der Waals surface area contributed by atoms with Gasteiger partial charge in [0.05, 0.1) is 0 Å². The molecule has 49 heavy (non-hydrogen) atoms. The van der Waals surface area contributed by atoms with Gasteiger partial charge in [0.15, 0.2) is 11.6 Å². The van der Waals surface area contributed by atoms with Crippen molar-refractivity contribution in [2.75, 3.05) is 7.11 Å². The van der Waals surface area contributed by atoms with Gasteiger partial charge in [-0.1, -0.05) is 109 Å². The zero-order chi connectivity index (χ0) is 34.8. The van der Waals surface area contributed by atoms with Crippen molar-refractivity contribution in [1.29, 1.82) is 0 Å². The first-order valence-corrected chi connectivity index (χ1v) is 15.6. The molecule has 5 N–H and O–H groups in total. The number of carbonyl (C=O) groups is 2. The average Bonchev–Trinajstić information content (AvgIpc) is 3.14. The first-order valence-electron chi connectivity index (χ1n) is 15.6. The van der Waals surface area contributed by atoms with Crippen molar-refractivity contribution in [3.63, 3.8) is 0 Å². The number of carbonyl (C=O) groups excluding carboxylic acids is 2. The van der Waals surface area contributed by atoms with Crippen molar-refractivity contribution in [1.82, 2.24) is 0 Å². The van der Waals surface area contributed by atoms with Crippen LogP contribution < -0.4 is 0 Å². The minimum Gasteiger partial charge on any atom is -0.412 e. The van der Waals surface area contributed by atoms with Crippen LogP contribution in [0.5, 0.6) is 0 Å². The van der Waals surface area contributed by atoms with Gasteiger partial charge in [-0.3, -0.25) is 20.1 Å². The van der Waals surface area contributed by atoms with Crippen LogP contribution in [0.4, 0.5) is 0 Å². The van der Waals surface area contributed by atoms with E-state index in [-0.39, 0.29) is 17.0 Å². The fourth-order valence-electron chi connectivity index (χ4n) is 5.79. The largest absolute Gasteiger partial charge is 0.412 e. The number of aryl methyl sites for hydroxylation is 4. The highest BCUT2D eigenvalue weighted by Crippen LogP contribution is 2.32. The van der Waals surface area contributed by atoms with Gasteiger partial charge in [-0.05, 0) is 108 Å². The van der Waals surface area contributed by atoms with E-state index in [0.717, 1.165) is 85.0 Å². The maximum absolute atomic E-state index is 13.5. The van der Waals surface area contributed by atoms with Crippen LogP contribution >= 0.6 is 0 Å². The lowest BCUT2D eigenvalue weighted by atomic mass is 9.91. The summed E-state index contributed by atoms with van der Waals surface area (Å²) in [5.41, 5.74) is 13.1. The number of hydrogen-bond donors (Lipinski definition) is 3.